The van der Waals surface area contributed by atoms with E-state index in [1.807, 2.05) is 68.4 Å². The largest absolute Gasteiger partial charge is 0.483 e. The van der Waals surface area contributed by atoms with Crippen LogP contribution in [0.3, 0.4) is 0 Å². The van der Waals surface area contributed by atoms with Crippen molar-refractivity contribution < 1.29 is 9.53 Å². The fourth-order valence-electron chi connectivity index (χ4n) is 4.18. The molecule has 0 saturated heterocycles. The van der Waals surface area contributed by atoms with Gasteiger partial charge >= 0.3 is 0 Å². The molecule has 0 atom stereocenters. The third kappa shape index (κ3) is 6.80. The molecule has 0 aliphatic heterocycles. The molecule has 1 heterocycles. The first-order valence-electron chi connectivity index (χ1n) is 12.3. The number of amides is 1. The molecule has 0 unspecified atom stereocenters. The maximum atomic E-state index is 12.2. The van der Waals surface area contributed by atoms with Gasteiger partial charge in [-0.2, -0.15) is 0 Å². The van der Waals surface area contributed by atoms with E-state index in [9.17, 15) is 4.79 Å². The fourth-order valence-corrected chi connectivity index (χ4v) is 4.50. The fraction of sp³-hybridized carbons (Fsp3) is 0.310. The maximum absolute atomic E-state index is 12.2. The number of unbranched alkanes of at least 4 members (excludes halogenated alkanes) is 2. The predicted molar refractivity (Wildman–Crippen MR) is 147 cm³/mol. The number of nitrogens with one attached hydrogen (secondary N) is 1. The molecule has 4 aromatic rings. The van der Waals surface area contributed by atoms with Gasteiger partial charge < -0.3 is 14.6 Å². The van der Waals surface area contributed by atoms with Gasteiger partial charge in [-0.25, -0.2) is 4.98 Å². The van der Waals surface area contributed by atoms with Crippen LogP contribution in [0.2, 0.25) is 10.0 Å². The number of para-hydroxylation sites is 2. The van der Waals surface area contributed by atoms with Gasteiger partial charge in [0.1, 0.15) is 11.6 Å². The maximum Gasteiger partial charge on any atom is 0.257 e. The second-order valence-corrected chi connectivity index (χ2v) is 9.88. The van der Waals surface area contributed by atoms with E-state index in [2.05, 4.69) is 16.0 Å². The molecule has 1 amide bonds. The highest BCUT2D eigenvalue weighted by molar-refractivity contribution is 6.42. The number of benzene rings is 3. The van der Waals surface area contributed by atoms with E-state index in [0.29, 0.717) is 23.1 Å². The summed E-state index contributed by atoms with van der Waals surface area (Å²) in [5.41, 5.74) is 5.32. The monoisotopic (exact) mass is 523 g/mol. The van der Waals surface area contributed by atoms with E-state index in [1.165, 1.54) is 0 Å². The van der Waals surface area contributed by atoms with Crippen molar-refractivity contribution in [3.05, 3.63) is 93.2 Å². The molecule has 0 spiro atoms. The molecular formula is C29H31Cl2N3O2. The number of carbonyl (C=O) groups is 1. The van der Waals surface area contributed by atoms with Gasteiger partial charge in [-0.15, -0.1) is 0 Å². The summed E-state index contributed by atoms with van der Waals surface area (Å²) in [5, 5.41) is 4.07. The highest BCUT2D eigenvalue weighted by Crippen LogP contribution is 2.25. The van der Waals surface area contributed by atoms with Crippen LogP contribution in [0, 0.1) is 13.8 Å². The van der Waals surface area contributed by atoms with Crippen LogP contribution in [0.15, 0.2) is 60.7 Å². The van der Waals surface area contributed by atoms with Crippen molar-refractivity contribution in [3.63, 3.8) is 0 Å². The molecular weight excluding hydrogens is 493 g/mol. The molecule has 0 radical (unpaired) electrons. The molecule has 0 fully saturated rings. The lowest BCUT2D eigenvalue weighted by Gasteiger charge is -2.11. The summed E-state index contributed by atoms with van der Waals surface area (Å²) in [7, 11) is 0. The van der Waals surface area contributed by atoms with E-state index in [-0.39, 0.29) is 12.5 Å². The number of rotatable bonds is 11. The van der Waals surface area contributed by atoms with Crippen molar-refractivity contribution in [1.29, 1.82) is 0 Å². The van der Waals surface area contributed by atoms with Gasteiger partial charge in [0.15, 0.2) is 6.61 Å². The zero-order valence-corrected chi connectivity index (χ0v) is 22.2. The van der Waals surface area contributed by atoms with E-state index in [1.54, 1.807) is 0 Å². The van der Waals surface area contributed by atoms with Gasteiger partial charge in [-0.1, -0.05) is 60.0 Å². The van der Waals surface area contributed by atoms with Gasteiger partial charge in [0, 0.05) is 19.5 Å². The van der Waals surface area contributed by atoms with Crippen LogP contribution in [0.5, 0.6) is 5.75 Å². The second kappa shape index (κ2) is 12.3. The smallest absolute Gasteiger partial charge is 0.257 e. The van der Waals surface area contributed by atoms with E-state index >= 15 is 0 Å². The predicted octanol–water partition coefficient (Wildman–Crippen LogP) is 6.92. The number of fused-ring (bicyclic) bond motifs is 1. The summed E-state index contributed by atoms with van der Waals surface area (Å²) >= 11 is 12.3. The van der Waals surface area contributed by atoms with Crippen LogP contribution in [0.4, 0.5) is 0 Å². The van der Waals surface area contributed by atoms with Crippen LogP contribution in [0.25, 0.3) is 11.0 Å². The topological polar surface area (TPSA) is 56.1 Å². The zero-order chi connectivity index (χ0) is 25.5. The first-order valence-corrected chi connectivity index (χ1v) is 13.0. The van der Waals surface area contributed by atoms with Crippen LogP contribution < -0.4 is 10.1 Å². The van der Waals surface area contributed by atoms with Crippen molar-refractivity contribution in [1.82, 2.24) is 14.9 Å². The minimum atomic E-state index is -0.0978. The average molecular weight is 524 g/mol. The third-order valence-corrected chi connectivity index (χ3v) is 6.90. The number of halogens is 2. The van der Waals surface area contributed by atoms with E-state index in [4.69, 9.17) is 32.9 Å². The number of imidazole rings is 1. The standard InChI is InChI=1S/C29H31Cl2N3O2/c1-20-11-12-21(2)27(16-20)36-19-29(35)32-15-7-3-4-10-28-33-25-8-5-6-9-26(25)34(28)18-22-13-14-23(30)24(31)17-22/h5-6,8-9,11-14,16-17H,3-4,7,10,15,18-19H2,1-2H3,(H,32,35). The second-order valence-electron chi connectivity index (χ2n) is 9.07. The summed E-state index contributed by atoms with van der Waals surface area (Å²) in [4.78, 5) is 17.0. The van der Waals surface area contributed by atoms with Gasteiger partial charge in [0.25, 0.3) is 5.91 Å². The van der Waals surface area contributed by atoms with Crippen molar-refractivity contribution in [2.75, 3.05) is 13.2 Å². The molecule has 36 heavy (non-hydrogen) atoms. The number of hydrogen-bond donors (Lipinski definition) is 1. The lowest BCUT2D eigenvalue weighted by molar-refractivity contribution is -0.123. The van der Waals surface area contributed by atoms with Crippen LogP contribution >= 0.6 is 23.2 Å². The summed E-state index contributed by atoms with van der Waals surface area (Å²) in [6.45, 7) is 5.33. The number of nitrogens with zero attached hydrogens (tertiary/aromatic N) is 2. The van der Waals surface area contributed by atoms with Crippen LogP contribution in [-0.2, 0) is 17.8 Å². The number of hydrogen-bond acceptors (Lipinski definition) is 3. The Labute approximate surface area is 222 Å². The molecule has 7 heteroatoms. The summed E-state index contributed by atoms with van der Waals surface area (Å²) in [6, 6.07) is 19.9. The first kappa shape index (κ1) is 26.1. The molecule has 4 rings (SSSR count). The highest BCUT2D eigenvalue weighted by Gasteiger charge is 2.12. The van der Waals surface area contributed by atoms with Crippen LogP contribution in [0.1, 0.15) is 41.8 Å². The zero-order valence-electron chi connectivity index (χ0n) is 20.7. The number of ether oxygens (including phenoxy) is 1. The Morgan fingerprint density at radius 3 is 2.64 bits per heavy atom. The SMILES string of the molecule is Cc1ccc(C)c(OCC(=O)NCCCCCc2nc3ccccc3n2Cc2ccc(Cl)c(Cl)c2)c1. The van der Waals surface area contributed by atoms with Gasteiger partial charge in [-0.05, 0) is 73.7 Å². The Bertz CT molecular complexity index is 1350. The average Bonchev–Trinajstić information content (AvgIpc) is 3.21. The molecule has 5 nitrogen and oxygen atoms in total. The molecule has 1 N–H and O–H groups in total. The summed E-state index contributed by atoms with van der Waals surface area (Å²) in [5.74, 6) is 1.71. The summed E-state index contributed by atoms with van der Waals surface area (Å²) < 4.78 is 7.93. The minimum Gasteiger partial charge on any atom is -0.483 e. The Balaban J connectivity index is 1.25. The first-order chi connectivity index (χ1) is 17.4. The Hall–Kier alpha value is -3.02. The normalized spacial score (nSPS) is 11.1. The van der Waals surface area contributed by atoms with Crippen LogP contribution in [-0.4, -0.2) is 28.6 Å². The molecule has 0 aliphatic rings. The van der Waals surface area contributed by atoms with E-state index in [0.717, 1.165) is 65.0 Å². The minimum absolute atomic E-state index is 0.0308. The van der Waals surface area contributed by atoms with Crippen molar-refractivity contribution in [3.8, 4) is 5.75 Å². The Morgan fingerprint density at radius 2 is 1.81 bits per heavy atom. The highest BCUT2D eigenvalue weighted by atomic mass is 35.5. The van der Waals surface area contributed by atoms with Gasteiger partial charge in [-0.3, -0.25) is 4.79 Å². The molecule has 0 saturated carbocycles. The molecule has 0 aliphatic carbocycles. The van der Waals surface area contributed by atoms with Gasteiger partial charge in [0.05, 0.1) is 21.1 Å². The molecule has 3 aromatic carbocycles. The molecule has 0 bridgehead atoms. The van der Waals surface area contributed by atoms with Gasteiger partial charge in [0.2, 0.25) is 0 Å². The Morgan fingerprint density at radius 1 is 0.972 bits per heavy atom. The Kier molecular flexibility index (Phi) is 8.89. The lowest BCUT2D eigenvalue weighted by Crippen LogP contribution is -2.29. The lowest BCUT2D eigenvalue weighted by atomic mass is 10.1. The van der Waals surface area contributed by atoms with Crippen molar-refractivity contribution in [2.45, 2.75) is 46.1 Å². The number of aryl methyl sites for hydroxylation is 3. The molecule has 1 aromatic heterocycles. The summed E-state index contributed by atoms with van der Waals surface area (Å²) in [6.07, 6.45) is 3.75. The van der Waals surface area contributed by atoms with Crippen molar-refractivity contribution >= 4 is 40.1 Å². The number of carbonyl (C=O) groups excluding carboxylic acids is 1. The third-order valence-electron chi connectivity index (χ3n) is 6.16. The quantitative estimate of drug-likeness (QED) is 0.217. The van der Waals surface area contributed by atoms with E-state index < -0.39 is 0 Å². The van der Waals surface area contributed by atoms with Crippen molar-refractivity contribution in [2.24, 2.45) is 0 Å². The molecule has 188 valence electrons. The number of aromatic nitrogens is 2.